The number of hydrogen-bond acceptors (Lipinski definition) is 4. The van der Waals surface area contributed by atoms with Crippen LogP contribution < -0.4 is 5.32 Å². The highest BCUT2D eigenvalue weighted by Gasteiger charge is 2.25. The Morgan fingerprint density at radius 3 is 2.62 bits per heavy atom. The molecule has 0 aliphatic rings. The van der Waals surface area contributed by atoms with Gasteiger partial charge in [-0.1, -0.05) is 0 Å². The van der Waals surface area contributed by atoms with E-state index in [-0.39, 0.29) is 12.5 Å². The van der Waals surface area contributed by atoms with E-state index in [4.69, 9.17) is 0 Å². The molecule has 0 aliphatic carbocycles. The van der Waals surface area contributed by atoms with Crippen LogP contribution in [0.2, 0.25) is 0 Å². The van der Waals surface area contributed by atoms with E-state index >= 15 is 0 Å². The fraction of sp³-hybridized carbons (Fsp3) is 0.235. The van der Waals surface area contributed by atoms with Crippen LogP contribution in [0.5, 0.6) is 0 Å². The number of amides is 1. The van der Waals surface area contributed by atoms with Crippen molar-refractivity contribution in [3.8, 4) is 5.69 Å². The van der Waals surface area contributed by atoms with Crippen molar-refractivity contribution >= 4 is 5.91 Å². The summed E-state index contributed by atoms with van der Waals surface area (Å²) >= 11 is 0. The van der Waals surface area contributed by atoms with Gasteiger partial charge in [-0.05, 0) is 37.3 Å². The van der Waals surface area contributed by atoms with E-state index in [1.165, 1.54) is 0 Å². The van der Waals surface area contributed by atoms with Crippen molar-refractivity contribution in [1.29, 1.82) is 0 Å². The summed E-state index contributed by atoms with van der Waals surface area (Å²) in [6.07, 6.45) is 6.84. The second-order valence-corrected chi connectivity index (χ2v) is 5.86. The van der Waals surface area contributed by atoms with E-state index in [2.05, 4.69) is 15.5 Å². The first-order valence-electron chi connectivity index (χ1n) is 7.55. The maximum absolute atomic E-state index is 12.3. The molecular weight excluding hydrogens is 306 g/mol. The summed E-state index contributed by atoms with van der Waals surface area (Å²) in [7, 11) is 1.78. The normalized spacial score (nSPS) is 13.5. The first-order chi connectivity index (χ1) is 11.5. The van der Waals surface area contributed by atoms with Crippen molar-refractivity contribution in [2.24, 2.45) is 7.05 Å². The lowest BCUT2D eigenvalue weighted by atomic mass is 9.99. The van der Waals surface area contributed by atoms with Gasteiger partial charge in [0.2, 0.25) is 0 Å². The van der Waals surface area contributed by atoms with Crippen molar-refractivity contribution in [1.82, 2.24) is 24.9 Å². The molecule has 7 heteroatoms. The van der Waals surface area contributed by atoms with E-state index in [9.17, 15) is 9.90 Å². The number of aliphatic hydroxyl groups is 1. The Morgan fingerprint density at radius 2 is 2.04 bits per heavy atom. The Hall–Kier alpha value is -2.93. The summed E-state index contributed by atoms with van der Waals surface area (Å²) in [5.41, 5.74) is 0.866. The molecule has 3 rings (SSSR count). The largest absolute Gasteiger partial charge is 0.383 e. The molecule has 2 heterocycles. The first-order valence-corrected chi connectivity index (χ1v) is 7.55. The third-order valence-electron chi connectivity index (χ3n) is 3.82. The Morgan fingerprint density at radius 1 is 1.29 bits per heavy atom. The molecule has 3 aromatic rings. The summed E-state index contributed by atoms with van der Waals surface area (Å²) in [6.45, 7) is 1.74. The Labute approximate surface area is 139 Å². The molecule has 7 nitrogen and oxygen atoms in total. The molecular formula is C17H19N5O2. The van der Waals surface area contributed by atoms with Crippen LogP contribution in [0.3, 0.4) is 0 Å². The predicted octanol–water partition coefficient (Wildman–Crippen LogP) is 1.24. The minimum Gasteiger partial charge on any atom is -0.383 e. The third kappa shape index (κ3) is 3.36. The average Bonchev–Trinajstić information content (AvgIpc) is 3.24. The molecule has 1 amide bonds. The lowest BCUT2D eigenvalue weighted by Gasteiger charge is -2.22. The number of carbonyl (C=O) groups excluding carboxylic acids is 1. The third-order valence-corrected chi connectivity index (χ3v) is 3.82. The van der Waals surface area contributed by atoms with Crippen LogP contribution in [0.25, 0.3) is 5.69 Å². The van der Waals surface area contributed by atoms with E-state index in [1.807, 2.05) is 24.4 Å². The second-order valence-electron chi connectivity index (χ2n) is 5.86. The highest BCUT2D eigenvalue weighted by molar-refractivity contribution is 5.94. The van der Waals surface area contributed by atoms with Gasteiger partial charge in [-0.25, -0.2) is 4.68 Å². The van der Waals surface area contributed by atoms with Crippen molar-refractivity contribution in [2.75, 3.05) is 6.54 Å². The maximum Gasteiger partial charge on any atom is 0.251 e. The summed E-state index contributed by atoms with van der Waals surface area (Å²) in [5.74, 6) is -0.244. The van der Waals surface area contributed by atoms with E-state index in [0.717, 1.165) is 5.69 Å². The molecule has 24 heavy (non-hydrogen) atoms. The van der Waals surface area contributed by atoms with Crippen LogP contribution in [0, 0.1) is 0 Å². The van der Waals surface area contributed by atoms with E-state index in [1.54, 1.807) is 54.1 Å². The smallest absolute Gasteiger partial charge is 0.251 e. The minimum absolute atomic E-state index is 0.0957. The van der Waals surface area contributed by atoms with Gasteiger partial charge in [-0.2, -0.15) is 10.2 Å². The van der Waals surface area contributed by atoms with E-state index < -0.39 is 5.60 Å². The zero-order valence-electron chi connectivity index (χ0n) is 13.5. The second kappa shape index (κ2) is 6.29. The minimum atomic E-state index is -1.18. The quantitative estimate of drug-likeness (QED) is 0.739. The molecule has 0 fully saturated rings. The molecule has 2 aromatic heterocycles. The molecule has 0 bridgehead atoms. The van der Waals surface area contributed by atoms with Crippen molar-refractivity contribution in [2.45, 2.75) is 12.5 Å². The Bertz CT molecular complexity index is 819. The summed E-state index contributed by atoms with van der Waals surface area (Å²) in [5, 5.41) is 21.4. The van der Waals surface area contributed by atoms with Crippen LogP contribution >= 0.6 is 0 Å². The van der Waals surface area contributed by atoms with Gasteiger partial charge in [-0.3, -0.25) is 9.48 Å². The highest BCUT2D eigenvalue weighted by atomic mass is 16.3. The summed E-state index contributed by atoms with van der Waals surface area (Å²) < 4.78 is 3.33. The van der Waals surface area contributed by atoms with Crippen LogP contribution in [-0.4, -0.2) is 37.1 Å². The molecule has 0 spiro atoms. The number of aromatic nitrogens is 4. The topological polar surface area (TPSA) is 85.0 Å². The zero-order chi connectivity index (χ0) is 17.2. The molecule has 1 aromatic carbocycles. The number of nitrogens with zero attached hydrogens (tertiary/aromatic N) is 4. The van der Waals surface area contributed by atoms with Crippen LogP contribution in [0.4, 0.5) is 0 Å². The number of hydrogen-bond donors (Lipinski definition) is 2. The van der Waals surface area contributed by atoms with Crippen molar-refractivity contribution < 1.29 is 9.90 Å². The van der Waals surface area contributed by atoms with Crippen LogP contribution in [0.1, 0.15) is 22.8 Å². The number of rotatable bonds is 5. The van der Waals surface area contributed by atoms with Gasteiger partial charge in [0.1, 0.15) is 5.60 Å². The fourth-order valence-corrected chi connectivity index (χ4v) is 2.34. The molecule has 2 N–H and O–H groups in total. The molecule has 0 saturated carbocycles. The standard InChI is InChI=1S/C17H19N5O2/c1-17(24,14-10-20-21(2)11-14)12-18-16(23)13-4-6-15(7-5-13)22-9-3-8-19-22/h3-11,24H,12H2,1-2H3,(H,18,23). The molecule has 1 unspecified atom stereocenters. The SMILES string of the molecule is Cn1cc(C(C)(O)CNC(=O)c2ccc(-n3cccn3)cc2)cn1. The summed E-state index contributed by atoms with van der Waals surface area (Å²) in [4.78, 5) is 12.3. The maximum atomic E-state index is 12.3. The predicted molar refractivity (Wildman–Crippen MR) is 88.7 cm³/mol. The van der Waals surface area contributed by atoms with E-state index in [0.29, 0.717) is 11.1 Å². The molecule has 0 aliphatic heterocycles. The summed E-state index contributed by atoms with van der Waals surface area (Å²) in [6, 6.07) is 8.93. The fourth-order valence-electron chi connectivity index (χ4n) is 2.34. The molecule has 0 saturated heterocycles. The number of aryl methyl sites for hydroxylation is 1. The van der Waals surface area contributed by atoms with Gasteiger partial charge in [-0.15, -0.1) is 0 Å². The van der Waals surface area contributed by atoms with Gasteiger partial charge in [0.05, 0.1) is 18.4 Å². The number of benzene rings is 1. The molecule has 0 radical (unpaired) electrons. The van der Waals surface area contributed by atoms with Gasteiger partial charge in [0.25, 0.3) is 5.91 Å². The lowest BCUT2D eigenvalue weighted by Crippen LogP contribution is -2.38. The van der Waals surface area contributed by atoms with Crippen LogP contribution in [0.15, 0.2) is 55.1 Å². The Kier molecular flexibility index (Phi) is 4.18. The van der Waals surface area contributed by atoms with Gasteiger partial charge < -0.3 is 10.4 Å². The van der Waals surface area contributed by atoms with Gasteiger partial charge in [0, 0.05) is 36.8 Å². The van der Waals surface area contributed by atoms with Crippen LogP contribution in [-0.2, 0) is 12.6 Å². The average molecular weight is 325 g/mol. The zero-order valence-corrected chi connectivity index (χ0v) is 13.5. The van der Waals surface area contributed by atoms with Gasteiger partial charge in [0.15, 0.2) is 0 Å². The molecule has 124 valence electrons. The van der Waals surface area contributed by atoms with Crippen molar-refractivity contribution in [3.05, 3.63) is 66.2 Å². The molecule has 1 atom stereocenters. The first kappa shape index (κ1) is 15.9. The van der Waals surface area contributed by atoms with Gasteiger partial charge >= 0.3 is 0 Å². The Balaban J connectivity index is 1.64. The lowest BCUT2D eigenvalue weighted by molar-refractivity contribution is 0.0526. The highest BCUT2D eigenvalue weighted by Crippen LogP contribution is 2.18. The number of nitrogens with one attached hydrogen (secondary N) is 1. The monoisotopic (exact) mass is 325 g/mol. The van der Waals surface area contributed by atoms with Crippen molar-refractivity contribution in [3.63, 3.8) is 0 Å². The number of carbonyl (C=O) groups is 1.